The Morgan fingerprint density at radius 1 is 1.24 bits per heavy atom. The van der Waals surface area contributed by atoms with E-state index in [1.807, 2.05) is 6.07 Å². The minimum Gasteiger partial charge on any atom is -0.506 e. The number of carbonyl (C=O) groups is 1. The first-order chi connectivity index (χ1) is 10.0. The second-order valence-electron chi connectivity index (χ2n) is 4.92. The maximum atomic E-state index is 10.0. The van der Waals surface area contributed by atoms with Gasteiger partial charge in [0.15, 0.2) is 0 Å². The van der Waals surface area contributed by atoms with E-state index in [-0.39, 0.29) is 5.75 Å². The number of H-pyrrole nitrogens is 1. The van der Waals surface area contributed by atoms with E-state index in [9.17, 15) is 9.90 Å². The van der Waals surface area contributed by atoms with Crippen LogP contribution in [0.25, 0.3) is 10.9 Å². The molecule has 21 heavy (non-hydrogen) atoms. The molecule has 0 amide bonds. The van der Waals surface area contributed by atoms with Crippen molar-refractivity contribution in [1.82, 2.24) is 4.98 Å². The molecule has 0 saturated carbocycles. The van der Waals surface area contributed by atoms with Gasteiger partial charge in [-0.2, -0.15) is 0 Å². The summed E-state index contributed by atoms with van der Waals surface area (Å²) in [6.45, 7) is 2.15. The summed E-state index contributed by atoms with van der Waals surface area (Å²) in [6, 6.07) is 5.33. The maximum absolute atomic E-state index is 10.0. The number of aromatic nitrogens is 1. The molecule has 0 unspecified atom stereocenters. The summed E-state index contributed by atoms with van der Waals surface area (Å²) in [5.74, 6) is -0.431. The lowest BCUT2D eigenvalue weighted by Crippen LogP contribution is -1.93. The number of nitrogens with one attached hydrogen (secondary N) is 1. The Labute approximate surface area is 129 Å². The number of unbranched alkanes of at least 4 members (excludes halogenated alkanes) is 4. The number of carboxylic acids is 1. The summed E-state index contributed by atoms with van der Waals surface area (Å²) >= 11 is 5.72. The van der Waals surface area contributed by atoms with Crippen LogP contribution in [-0.4, -0.2) is 21.2 Å². The molecule has 0 radical (unpaired) electrons. The van der Waals surface area contributed by atoms with Crippen molar-refractivity contribution in [2.75, 3.05) is 0 Å². The molecule has 5 heteroatoms. The van der Waals surface area contributed by atoms with Gasteiger partial charge in [-0.3, -0.25) is 4.79 Å². The van der Waals surface area contributed by atoms with Gasteiger partial charge >= 0.3 is 5.97 Å². The lowest BCUT2D eigenvalue weighted by Gasteiger charge is -1.95. The standard InChI is InChI=1S/C8H6ClNO.C8H16O2/c9-5-1-2-7-6(3-5)8(11)4-10-7;1-2-3-4-5-6-7-8(9)10/h1-4,10-11H;2-7H2,1H3,(H,9,10). The Hall–Kier alpha value is -1.68. The van der Waals surface area contributed by atoms with E-state index >= 15 is 0 Å². The Balaban J connectivity index is 0.000000212. The monoisotopic (exact) mass is 311 g/mol. The van der Waals surface area contributed by atoms with E-state index < -0.39 is 5.97 Å². The molecule has 3 N–H and O–H groups in total. The van der Waals surface area contributed by atoms with E-state index in [0.29, 0.717) is 11.4 Å². The number of rotatable bonds is 6. The van der Waals surface area contributed by atoms with Gasteiger partial charge in [-0.25, -0.2) is 0 Å². The van der Waals surface area contributed by atoms with E-state index in [2.05, 4.69) is 11.9 Å². The second kappa shape index (κ2) is 9.29. The van der Waals surface area contributed by atoms with Crippen LogP contribution in [0.2, 0.25) is 5.02 Å². The molecule has 0 aliphatic heterocycles. The maximum Gasteiger partial charge on any atom is 0.303 e. The average Bonchev–Trinajstić information content (AvgIpc) is 2.80. The SMILES string of the molecule is CCCCCCCC(=O)O.Oc1c[nH]c2ccc(Cl)cc12. The van der Waals surface area contributed by atoms with Crippen molar-refractivity contribution in [3.63, 3.8) is 0 Å². The normalized spacial score (nSPS) is 10.2. The fraction of sp³-hybridized carbons (Fsp3) is 0.438. The van der Waals surface area contributed by atoms with Crippen molar-refractivity contribution in [2.45, 2.75) is 45.4 Å². The number of carboxylic acid groups (broad SMARTS) is 1. The number of benzene rings is 1. The smallest absolute Gasteiger partial charge is 0.303 e. The minimum absolute atomic E-state index is 0.238. The van der Waals surface area contributed by atoms with Gasteiger partial charge in [-0.1, -0.05) is 44.2 Å². The molecule has 1 heterocycles. The van der Waals surface area contributed by atoms with Crippen LogP contribution in [0.1, 0.15) is 45.4 Å². The number of fused-ring (bicyclic) bond motifs is 1. The third-order valence-corrected chi connectivity index (χ3v) is 3.35. The molecule has 1 aromatic heterocycles. The Kier molecular flexibility index (Phi) is 7.69. The topological polar surface area (TPSA) is 73.3 Å². The van der Waals surface area contributed by atoms with E-state index in [0.717, 1.165) is 23.7 Å². The van der Waals surface area contributed by atoms with Crippen molar-refractivity contribution in [1.29, 1.82) is 0 Å². The highest BCUT2D eigenvalue weighted by Gasteiger charge is 2.00. The van der Waals surface area contributed by atoms with E-state index in [4.69, 9.17) is 16.7 Å². The van der Waals surface area contributed by atoms with Gasteiger partial charge in [0.05, 0.1) is 0 Å². The highest BCUT2D eigenvalue weighted by atomic mass is 35.5. The van der Waals surface area contributed by atoms with Crippen molar-refractivity contribution < 1.29 is 15.0 Å². The molecule has 0 fully saturated rings. The Bertz CT molecular complexity index is 566. The number of hydrogen-bond acceptors (Lipinski definition) is 2. The van der Waals surface area contributed by atoms with Gasteiger partial charge < -0.3 is 15.2 Å². The molecule has 2 rings (SSSR count). The first-order valence-electron chi connectivity index (χ1n) is 7.22. The number of halogens is 1. The van der Waals surface area contributed by atoms with Crippen LogP contribution in [0.5, 0.6) is 5.75 Å². The zero-order valence-electron chi connectivity index (χ0n) is 12.2. The lowest BCUT2D eigenvalue weighted by molar-refractivity contribution is -0.137. The molecule has 2 aromatic rings. The third-order valence-electron chi connectivity index (χ3n) is 3.12. The van der Waals surface area contributed by atoms with Crippen LogP contribution in [-0.2, 0) is 4.79 Å². The fourth-order valence-corrected chi connectivity index (χ4v) is 2.13. The Morgan fingerprint density at radius 2 is 1.95 bits per heavy atom. The lowest BCUT2D eigenvalue weighted by atomic mass is 10.1. The number of aliphatic carboxylic acids is 1. The van der Waals surface area contributed by atoms with E-state index in [1.54, 1.807) is 18.3 Å². The molecule has 0 aliphatic carbocycles. The molecule has 1 aromatic carbocycles. The van der Waals surface area contributed by atoms with Crippen LogP contribution >= 0.6 is 11.6 Å². The molecule has 4 nitrogen and oxygen atoms in total. The number of hydrogen-bond donors (Lipinski definition) is 3. The summed E-state index contributed by atoms with van der Waals surface area (Å²) < 4.78 is 0. The van der Waals surface area contributed by atoms with Gasteiger partial charge in [0.2, 0.25) is 0 Å². The van der Waals surface area contributed by atoms with Gasteiger partial charge in [-0.15, -0.1) is 0 Å². The zero-order valence-corrected chi connectivity index (χ0v) is 13.0. The third kappa shape index (κ3) is 6.54. The highest BCUT2D eigenvalue weighted by molar-refractivity contribution is 6.31. The van der Waals surface area contributed by atoms with Gasteiger partial charge in [0.1, 0.15) is 5.75 Å². The summed E-state index contributed by atoms with van der Waals surface area (Å²) in [5.41, 5.74) is 0.895. The highest BCUT2D eigenvalue weighted by Crippen LogP contribution is 2.26. The molecular weight excluding hydrogens is 290 g/mol. The van der Waals surface area contributed by atoms with Crippen molar-refractivity contribution in [3.05, 3.63) is 29.4 Å². The summed E-state index contributed by atoms with van der Waals surface area (Å²) in [7, 11) is 0. The first kappa shape index (κ1) is 17.4. The predicted octanol–water partition coefficient (Wildman–Crippen LogP) is 4.96. The van der Waals surface area contributed by atoms with Crippen LogP contribution in [0.15, 0.2) is 24.4 Å². The summed E-state index contributed by atoms with van der Waals surface area (Å²) in [6.07, 6.45) is 7.43. The average molecular weight is 312 g/mol. The van der Waals surface area contributed by atoms with Gasteiger partial charge in [0.25, 0.3) is 0 Å². The van der Waals surface area contributed by atoms with Crippen molar-refractivity contribution in [2.24, 2.45) is 0 Å². The Morgan fingerprint density at radius 3 is 2.62 bits per heavy atom. The van der Waals surface area contributed by atoms with Crippen molar-refractivity contribution >= 4 is 28.5 Å². The summed E-state index contributed by atoms with van der Waals surface area (Å²) in [5, 5.41) is 18.9. The number of aromatic hydroxyl groups is 1. The minimum atomic E-state index is -0.670. The fourth-order valence-electron chi connectivity index (χ4n) is 1.96. The molecule has 0 bridgehead atoms. The predicted molar refractivity (Wildman–Crippen MR) is 86.0 cm³/mol. The van der Waals surface area contributed by atoms with Gasteiger partial charge in [-0.05, 0) is 24.6 Å². The second-order valence-corrected chi connectivity index (χ2v) is 5.36. The molecule has 0 aliphatic rings. The van der Waals surface area contributed by atoms with Crippen LogP contribution in [0, 0.1) is 0 Å². The van der Waals surface area contributed by atoms with Crippen LogP contribution < -0.4 is 0 Å². The molecule has 0 spiro atoms. The quantitative estimate of drug-likeness (QED) is 0.660. The molecule has 0 atom stereocenters. The molecular formula is C16H22ClNO3. The molecule has 116 valence electrons. The summed E-state index contributed by atoms with van der Waals surface area (Å²) in [4.78, 5) is 12.9. The van der Waals surface area contributed by atoms with Crippen LogP contribution in [0.3, 0.4) is 0 Å². The zero-order chi connectivity index (χ0) is 15.7. The first-order valence-corrected chi connectivity index (χ1v) is 7.59. The number of aromatic amines is 1. The van der Waals surface area contributed by atoms with Gasteiger partial charge in [0, 0.05) is 28.5 Å². The molecule has 0 saturated heterocycles. The largest absolute Gasteiger partial charge is 0.506 e. The van der Waals surface area contributed by atoms with Crippen LogP contribution in [0.4, 0.5) is 0 Å². The van der Waals surface area contributed by atoms with E-state index in [1.165, 1.54) is 19.3 Å². The van der Waals surface area contributed by atoms with Crippen molar-refractivity contribution in [3.8, 4) is 5.75 Å².